The van der Waals surface area contributed by atoms with E-state index in [2.05, 4.69) is 10.2 Å². The molecule has 2 amide bonds. The number of hydrogen-bond donors (Lipinski definition) is 0. The van der Waals surface area contributed by atoms with Crippen LogP contribution in [-0.4, -0.2) is 53.4 Å². The van der Waals surface area contributed by atoms with E-state index in [4.69, 9.17) is 14.2 Å². The molecule has 1 aromatic heterocycles. The van der Waals surface area contributed by atoms with Crippen molar-refractivity contribution in [1.29, 1.82) is 0 Å². The van der Waals surface area contributed by atoms with Gasteiger partial charge in [0.15, 0.2) is 5.82 Å². The van der Waals surface area contributed by atoms with Crippen molar-refractivity contribution in [1.82, 2.24) is 10.2 Å². The molecule has 9 nitrogen and oxygen atoms in total. The first-order valence-electron chi connectivity index (χ1n) is 7.73. The van der Waals surface area contributed by atoms with Crippen LogP contribution >= 0.6 is 0 Å². The van der Waals surface area contributed by atoms with Crippen molar-refractivity contribution >= 4 is 23.6 Å². The van der Waals surface area contributed by atoms with Crippen LogP contribution in [0.1, 0.15) is 6.92 Å². The Labute approximate surface area is 142 Å². The summed E-state index contributed by atoms with van der Waals surface area (Å²) >= 11 is 0. The summed E-state index contributed by atoms with van der Waals surface area (Å²) in [6.07, 6.45) is 2.92. The topological polar surface area (TPSA) is 108 Å². The third kappa shape index (κ3) is 2.15. The first-order chi connectivity index (χ1) is 12.0. The van der Waals surface area contributed by atoms with Crippen molar-refractivity contribution in [2.75, 3.05) is 18.6 Å². The molecule has 130 valence electrons. The van der Waals surface area contributed by atoms with Crippen LogP contribution in [0.25, 0.3) is 0 Å². The van der Waals surface area contributed by atoms with Crippen molar-refractivity contribution in [2.24, 2.45) is 11.8 Å². The molecule has 2 saturated heterocycles. The molecule has 1 aromatic rings. The molecule has 0 aliphatic carbocycles. The second-order valence-corrected chi connectivity index (χ2v) is 6.13. The van der Waals surface area contributed by atoms with Gasteiger partial charge in [0.1, 0.15) is 12.2 Å². The van der Waals surface area contributed by atoms with Crippen LogP contribution in [0.4, 0.5) is 5.82 Å². The number of anilines is 1. The second kappa shape index (κ2) is 5.35. The molecule has 25 heavy (non-hydrogen) atoms. The molecule has 0 aromatic carbocycles. The van der Waals surface area contributed by atoms with Gasteiger partial charge in [0, 0.05) is 13.0 Å². The second-order valence-electron chi connectivity index (χ2n) is 6.13. The predicted octanol–water partition coefficient (Wildman–Crippen LogP) is -0.139. The molecular formula is C16H15N3O6. The van der Waals surface area contributed by atoms with E-state index in [0.717, 1.165) is 4.90 Å². The van der Waals surface area contributed by atoms with Gasteiger partial charge in [-0.25, -0.2) is 4.90 Å². The van der Waals surface area contributed by atoms with Crippen LogP contribution in [-0.2, 0) is 23.9 Å². The Bertz CT molecular complexity index is 792. The summed E-state index contributed by atoms with van der Waals surface area (Å²) in [4.78, 5) is 37.9. The van der Waals surface area contributed by atoms with Gasteiger partial charge in [-0.3, -0.25) is 14.4 Å². The van der Waals surface area contributed by atoms with Crippen LogP contribution in [0.15, 0.2) is 24.3 Å². The highest BCUT2D eigenvalue weighted by Gasteiger charge is 2.68. The number of carbonyl (C=O) groups is 3. The number of fused-ring (bicyclic) bond motifs is 5. The van der Waals surface area contributed by atoms with Crippen LogP contribution in [0, 0.1) is 11.8 Å². The SMILES string of the molecule is COc1ccc(N2C(=O)[C@@H]3[C@H]4C=C[C@@](COC(C)=O)(O4)[C@H]3C2=O)nn1. The third-order valence-electron chi connectivity index (χ3n) is 4.72. The minimum atomic E-state index is -1.11. The summed E-state index contributed by atoms with van der Waals surface area (Å²) in [5, 5.41) is 7.69. The van der Waals surface area contributed by atoms with Gasteiger partial charge in [-0.15, -0.1) is 10.2 Å². The average molecular weight is 345 g/mol. The molecule has 4 rings (SSSR count). The van der Waals surface area contributed by atoms with E-state index in [1.54, 1.807) is 12.2 Å². The summed E-state index contributed by atoms with van der Waals surface area (Å²) < 4.78 is 15.8. The fourth-order valence-electron chi connectivity index (χ4n) is 3.65. The molecule has 0 radical (unpaired) electrons. The van der Waals surface area contributed by atoms with Gasteiger partial charge >= 0.3 is 5.97 Å². The smallest absolute Gasteiger partial charge is 0.302 e. The molecular weight excluding hydrogens is 330 g/mol. The van der Waals surface area contributed by atoms with Crippen molar-refractivity contribution in [3.63, 3.8) is 0 Å². The number of hydrogen-bond acceptors (Lipinski definition) is 8. The van der Waals surface area contributed by atoms with Gasteiger partial charge in [0.05, 0.1) is 25.0 Å². The maximum atomic E-state index is 12.9. The van der Waals surface area contributed by atoms with Gasteiger partial charge in [-0.05, 0) is 12.1 Å². The summed E-state index contributed by atoms with van der Waals surface area (Å²) in [6, 6.07) is 3.02. The number of ether oxygens (including phenoxy) is 3. The summed E-state index contributed by atoms with van der Waals surface area (Å²) in [5.74, 6) is -2.31. The maximum absolute atomic E-state index is 12.9. The minimum Gasteiger partial charge on any atom is -0.480 e. The van der Waals surface area contributed by atoms with E-state index in [1.165, 1.54) is 26.2 Å². The third-order valence-corrected chi connectivity index (χ3v) is 4.72. The highest BCUT2D eigenvalue weighted by atomic mass is 16.6. The Hall–Kier alpha value is -2.81. The van der Waals surface area contributed by atoms with Crippen LogP contribution < -0.4 is 9.64 Å². The summed E-state index contributed by atoms with van der Waals surface area (Å²) in [6.45, 7) is 1.16. The van der Waals surface area contributed by atoms with Gasteiger partial charge < -0.3 is 14.2 Å². The number of esters is 1. The van der Waals surface area contributed by atoms with E-state index in [1.807, 2.05) is 0 Å². The normalized spacial score (nSPS) is 32.2. The van der Waals surface area contributed by atoms with Crippen LogP contribution in [0.3, 0.4) is 0 Å². The average Bonchev–Trinajstić information content (AvgIpc) is 3.24. The zero-order valence-electron chi connectivity index (χ0n) is 13.5. The lowest BCUT2D eigenvalue weighted by Gasteiger charge is -2.27. The van der Waals surface area contributed by atoms with Gasteiger partial charge in [0.25, 0.3) is 0 Å². The maximum Gasteiger partial charge on any atom is 0.302 e. The number of methoxy groups -OCH3 is 1. The van der Waals surface area contributed by atoms with Crippen LogP contribution in [0.2, 0.25) is 0 Å². The van der Waals surface area contributed by atoms with Gasteiger partial charge in [0.2, 0.25) is 17.7 Å². The molecule has 3 aliphatic heterocycles. The molecule has 2 bridgehead atoms. The predicted molar refractivity (Wildman–Crippen MR) is 81.4 cm³/mol. The molecule has 4 atom stereocenters. The molecule has 2 fully saturated rings. The number of rotatable bonds is 4. The summed E-state index contributed by atoms with van der Waals surface area (Å²) in [7, 11) is 1.44. The first-order valence-corrected chi connectivity index (χ1v) is 7.73. The van der Waals surface area contributed by atoms with E-state index in [9.17, 15) is 14.4 Å². The lowest BCUT2D eigenvalue weighted by molar-refractivity contribution is -0.150. The Morgan fingerprint density at radius 2 is 2.12 bits per heavy atom. The van der Waals surface area contributed by atoms with Crippen LogP contribution in [0.5, 0.6) is 5.88 Å². The fourth-order valence-corrected chi connectivity index (χ4v) is 3.65. The highest BCUT2D eigenvalue weighted by Crippen LogP contribution is 2.52. The minimum absolute atomic E-state index is 0.113. The molecule has 9 heteroatoms. The Balaban J connectivity index is 1.66. The highest BCUT2D eigenvalue weighted by molar-refractivity contribution is 6.22. The zero-order valence-corrected chi connectivity index (χ0v) is 13.5. The molecule has 0 N–H and O–H groups in total. The largest absolute Gasteiger partial charge is 0.480 e. The Kier molecular flexibility index (Phi) is 3.36. The monoisotopic (exact) mass is 345 g/mol. The molecule has 0 spiro atoms. The van der Waals surface area contributed by atoms with Crippen molar-refractivity contribution in [3.05, 3.63) is 24.3 Å². The number of imide groups is 1. The van der Waals surface area contributed by atoms with E-state index in [0.29, 0.717) is 0 Å². The van der Waals surface area contributed by atoms with E-state index in [-0.39, 0.29) is 18.3 Å². The Morgan fingerprint density at radius 1 is 1.32 bits per heavy atom. The number of amides is 2. The van der Waals surface area contributed by atoms with Gasteiger partial charge in [-0.1, -0.05) is 6.08 Å². The van der Waals surface area contributed by atoms with E-state index >= 15 is 0 Å². The molecule has 0 unspecified atom stereocenters. The molecule has 0 saturated carbocycles. The lowest BCUT2D eigenvalue weighted by Crippen LogP contribution is -2.44. The van der Waals surface area contributed by atoms with Crippen molar-refractivity contribution in [3.8, 4) is 5.88 Å². The zero-order chi connectivity index (χ0) is 17.8. The van der Waals surface area contributed by atoms with Gasteiger partial charge in [-0.2, -0.15) is 0 Å². The number of nitrogens with zero attached hydrogens (tertiary/aromatic N) is 3. The van der Waals surface area contributed by atoms with Crippen molar-refractivity contribution in [2.45, 2.75) is 18.6 Å². The number of carbonyl (C=O) groups excluding carboxylic acids is 3. The first kappa shape index (κ1) is 15.7. The van der Waals surface area contributed by atoms with E-state index < -0.39 is 41.3 Å². The lowest BCUT2D eigenvalue weighted by atomic mass is 9.77. The fraction of sp³-hybridized carbons (Fsp3) is 0.438. The standard InChI is InChI=1S/C16H15N3O6/c1-8(20)24-7-16-6-5-9(25-16)12-13(16)15(22)19(14(12)21)10-3-4-11(23-2)18-17-10/h3-6,9,12-13H,7H2,1-2H3/t9-,12-,13-,16+/m1/s1. The molecule has 4 heterocycles. The summed E-state index contributed by atoms with van der Waals surface area (Å²) in [5.41, 5.74) is -1.11. The Morgan fingerprint density at radius 3 is 2.76 bits per heavy atom. The van der Waals surface area contributed by atoms with Crippen molar-refractivity contribution < 1.29 is 28.6 Å². The molecule has 3 aliphatic rings. The quantitative estimate of drug-likeness (QED) is 0.422. The number of aromatic nitrogens is 2.